The number of aromatic nitrogens is 1. The number of rotatable bonds is 6. The summed E-state index contributed by atoms with van der Waals surface area (Å²) >= 11 is 8.95. The molecular formula is C23H22ClN3O4S3. The van der Waals surface area contributed by atoms with E-state index in [-0.39, 0.29) is 19.0 Å². The Bertz CT molecular complexity index is 1380. The molecule has 34 heavy (non-hydrogen) atoms. The summed E-state index contributed by atoms with van der Waals surface area (Å²) in [6.45, 7) is 2.70. The molecule has 4 aromatic rings. The van der Waals surface area contributed by atoms with Gasteiger partial charge in [-0.1, -0.05) is 35.1 Å². The third-order valence-corrected chi connectivity index (χ3v) is 10.7. The van der Waals surface area contributed by atoms with Gasteiger partial charge in [-0.05, 0) is 55.0 Å². The number of anilines is 1. The molecule has 4 heterocycles. The molecule has 0 N–H and O–H groups in total. The summed E-state index contributed by atoms with van der Waals surface area (Å²) in [5.41, 5.74) is 1.73. The minimum absolute atomic E-state index is 0.137. The Morgan fingerprint density at radius 2 is 2.15 bits per heavy atom. The summed E-state index contributed by atoms with van der Waals surface area (Å²) in [6.07, 6.45) is 2.78. The third-order valence-electron chi connectivity index (χ3n) is 5.90. The van der Waals surface area contributed by atoms with E-state index in [4.69, 9.17) is 21.0 Å². The van der Waals surface area contributed by atoms with Crippen LogP contribution in [0.3, 0.4) is 0 Å². The van der Waals surface area contributed by atoms with E-state index in [9.17, 15) is 13.2 Å². The normalized spacial score (nSPS) is 17.3. The molecular weight excluding hydrogens is 514 g/mol. The zero-order valence-electron chi connectivity index (χ0n) is 18.3. The number of piperidine rings is 1. The van der Waals surface area contributed by atoms with Crippen LogP contribution in [-0.2, 0) is 21.4 Å². The van der Waals surface area contributed by atoms with E-state index < -0.39 is 15.9 Å². The topological polar surface area (TPSA) is 83.7 Å². The lowest BCUT2D eigenvalue weighted by molar-refractivity contribution is -0.123. The molecule has 1 saturated heterocycles. The highest BCUT2D eigenvalue weighted by Gasteiger charge is 2.37. The van der Waals surface area contributed by atoms with Gasteiger partial charge in [0, 0.05) is 13.1 Å². The van der Waals surface area contributed by atoms with Crippen LogP contribution in [0.5, 0.6) is 0 Å². The second-order valence-corrected chi connectivity index (χ2v) is 12.7. The second-order valence-electron chi connectivity index (χ2n) is 8.18. The minimum Gasteiger partial charge on any atom is -0.467 e. The fourth-order valence-corrected chi connectivity index (χ4v) is 8.11. The zero-order valence-corrected chi connectivity index (χ0v) is 21.5. The van der Waals surface area contributed by atoms with Crippen LogP contribution in [0.2, 0.25) is 5.02 Å². The van der Waals surface area contributed by atoms with Crippen LogP contribution in [0, 0.1) is 12.8 Å². The van der Waals surface area contributed by atoms with Gasteiger partial charge in [-0.15, -0.1) is 11.3 Å². The van der Waals surface area contributed by atoms with E-state index in [1.807, 2.05) is 19.1 Å². The molecule has 1 aromatic carbocycles. The Hall–Kier alpha value is -2.24. The van der Waals surface area contributed by atoms with Crippen LogP contribution >= 0.6 is 34.3 Å². The number of amides is 1. The number of sulfonamides is 1. The number of thiazole rings is 1. The van der Waals surface area contributed by atoms with Gasteiger partial charge in [-0.3, -0.25) is 9.69 Å². The van der Waals surface area contributed by atoms with E-state index in [2.05, 4.69) is 0 Å². The summed E-state index contributed by atoms with van der Waals surface area (Å²) in [4.78, 5) is 20.2. The number of nitrogens with zero attached hydrogens (tertiary/aromatic N) is 3. The predicted octanol–water partition coefficient (Wildman–Crippen LogP) is 5.55. The highest BCUT2D eigenvalue weighted by atomic mass is 35.5. The summed E-state index contributed by atoms with van der Waals surface area (Å²) in [5, 5.41) is 2.84. The van der Waals surface area contributed by atoms with Crippen molar-refractivity contribution >= 4 is 65.6 Å². The zero-order chi connectivity index (χ0) is 23.9. The van der Waals surface area contributed by atoms with Crippen LogP contribution in [0.25, 0.3) is 10.2 Å². The number of thiophene rings is 1. The van der Waals surface area contributed by atoms with Gasteiger partial charge in [0.2, 0.25) is 5.91 Å². The number of furan rings is 1. The van der Waals surface area contributed by atoms with Gasteiger partial charge in [0.1, 0.15) is 9.97 Å². The fraction of sp³-hybridized carbons (Fsp3) is 0.304. The molecule has 7 nitrogen and oxygen atoms in total. The average Bonchev–Trinajstić information content (AvgIpc) is 3.61. The van der Waals surface area contributed by atoms with E-state index in [0.717, 1.165) is 15.8 Å². The van der Waals surface area contributed by atoms with Crippen molar-refractivity contribution in [1.82, 2.24) is 9.29 Å². The van der Waals surface area contributed by atoms with Gasteiger partial charge in [0.05, 0.1) is 34.0 Å². The van der Waals surface area contributed by atoms with Gasteiger partial charge < -0.3 is 4.42 Å². The summed E-state index contributed by atoms with van der Waals surface area (Å²) in [6, 6.07) is 10.6. The lowest BCUT2D eigenvalue weighted by Crippen LogP contribution is -2.46. The number of hydrogen-bond acceptors (Lipinski definition) is 7. The smallest absolute Gasteiger partial charge is 0.252 e. The molecule has 1 amide bonds. The molecule has 11 heteroatoms. The molecule has 178 valence electrons. The molecule has 0 spiro atoms. The minimum atomic E-state index is -3.63. The van der Waals surface area contributed by atoms with Gasteiger partial charge in [0.25, 0.3) is 10.0 Å². The Balaban J connectivity index is 1.47. The van der Waals surface area contributed by atoms with Crippen LogP contribution < -0.4 is 4.90 Å². The molecule has 1 aliphatic heterocycles. The number of fused-ring (bicyclic) bond motifs is 1. The van der Waals surface area contributed by atoms with Crippen LogP contribution in [0.15, 0.2) is 56.7 Å². The van der Waals surface area contributed by atoms with E-state index >= 15 is 0 Å². The van der Waals surface area contributed by atoms with Crippen LogP contribution in [0.4, 0.5) is 5.13 Å². The first-order valence-corrected chi connectivity index (χ1v) is 14.3. The SMILES string of the molecule is Cc1ccc(Cl)c2sc(N(Cc3ccco3)C(=O)C3CCCN(S(=O)(=O)c4cccs4)C3)nc12. The molecule has 1 aliphatic rings. The highest BCUT2D eigenvalue weighted by molar-refractivity contribution is 7.91. The molecule has 0 radical (unpaired) electrons. The number of carbonyl (C=O) groups is 1. The maximum atomic E-state index is 13.8. The summed E-state index contributed by atoms with van der Waals surface area (Å²) in [5.74, 6) is -0.0355. The third kappa shape index (κ3) is 4.40. The Kier molecular flexibility index (Phi) is 6.51. The average molecular weight is 536 g/mol. The molecule has 3 aromatic heterocycles. The van der Waals surface area contributed by atoms with Crippen LogP contribution in [-0.4, -0.2) is 36.7 Å². The molecule has 1 unspecified atom stereocenters. The first-order chi connectivity index (χ1) is 16.3. The Morgan fingerprint density at radius 1 is 1.29 bits per heavy atom. The Labute approximate surface area is 210 Å². The Morgan fingerprint density at radius 3 is 2.85 bits per heavy atom. The van der Waals surface area contributed by atoms with Crippen LogP contribution in [0.1, 0.15) is 24.2 Å². The number of carbonyl (C=O) groups excluding carboxylic acids is 1. The monoisotopic (exact) mass is 535 g/mol. The van der Waals surface area contributed by atoms with Crippen molar-refractivity contribution in [2.24, 2.45) is 5.92 Å². The van der Waals surface area contributed by atoms with Gasteiger partial charge in [-0.2, -0.15) is 4.31 Å². The van der Waals surface area contributed by atoms with Crippen molar-refractivity contribution in [3.8, 4) is 0 Å². The number of benzene rings is 1. The van der Waals surface area contributed by atoms with E-state index in [1.54, 1.807) is 40.8 Å². The van der Waals surface area contributed by atoms with Crippen molar-refractivity contribution in [3.63, 3.8) is 0 Å². The summed E-state index contributed by atoms with van der Waals surface area (Å²) in [7, 11) is -3.63. The maximum absolute atomic E-state index is 13.8. The van der Waals surface area contributed by atoms with Crippen molar-refractivity contribution in [2.75, 3.05) is 18.0 Å². The summed E-state index contributed by atoms with van der Waals surface area (Å²) < 4.78 is 34.2. The largest absolute Gasteiger partial charge is 0.467 e. The molecule has 0 saturated carbocycles. The second kappa shape index (κ2) is 9.43. The predicted molar refractivity (Wildman–Crippen MR) is 135 cm³/mol. The van der Waals surface area contributed by atoms with Gasteiger partial charge in [0.15, 0.2) is 5.13 Å². The lowest BCUT2D eigenvalue weighted by atomic mass is 9.98. The van der Waals surface area contributed by atoms with Gasteiger partial charge >= 0.3 is 0 Å². The van der Waals surface area contributed by atoms with Gasteiger partial charge in [-0.25, -0.2) is 13.4 Å². The van der Waals surface area contributed by atoms with Crippen molar-refractivity contribution in [3.05, 3.63) is 64.4 Å². The standard InChI is InChI=1S/C23H22ClN3O4S3/c1-15-8-9-18(24)21-20(15)25-23(33-21)27(14-17-6-3-11-31-17)22(28)16-5-2-10-26(13-16)34(29,30)19-7-4-12-32-19/h3-4,6-9,11-12,16H,2,5,10,13-14H2,1H3. The molecule has 5 rings (SSSR count). The number of hydrogen-bond donors (Lipinski definition) is 0. The number of halogens is 1. The van der Waals surface area contributed by atoms with Crippen molar-refractivity contribution < 1.29 is 17.6 Å². The number of aryl methyl sites for hydroxylation is 1. The molecule has 0 bridgehead atoms. The fourth-order valence-electron chi connectivity index (χ4n) is 4.12. The van der Waals surface area contributed by atoms with Crippen molar-refractivity contribution in [2.45, 2.75) is 30.5 Å². The van der Waals surface area contributed by atoms with E-state index in [0.29, 0.717) is 39.5 Å². The van der Waals surface area contributed by atoms with E-state index in [1.165, 1.54) is 27.0 Å². The first-order valence-electron chi connectivity index (χ1n) is 10.8. The first kappa shape index (κ1) is 23.5. The molecule has 1 atom stereocenters. The quantitative estimate of drug-likeness (QED) is 0.323. The van der Waals surface area contributed by atoms with Crippen molar-refractivity contribution in [1.29, 1.82) is 0 Å². The lowest BCUT2D eigenvalue weighted by Gasteiger charge is -2.33. The highest BCUT2D eigenvalue weighted by Crippen LogP contribution is 2.37. The molecule has 1 fully saturated rings. The maximum Gasteiger partial charge on any atom is 0.252 e. The molecule has 0 aliphatic carbocycles.